The van der Waals surface area contributed by atoms with Gasteiger partial charge in [0.2, 0.25) is 0 Å². The maximum Gasteiger partial charge on any atom is 0.131 e. The molecule has 0 aliphatic rings. The van der Waals surface area contributed by atoms with Crippen molar-refractivity contribution in [2.75, 3.05) is 0 Å². The fraction of sp³-hybridized carbons (Fsp3) is 0.538. The number of hydrogen-bond donors (Lipinski definition) is 0. The predicted octanol–water partition coefficient (Wildman–Crippen LogP) is 7.63. The summed E-state index contributed by atoms with van der Waals surface area (Å²) in [7, 11) is -0.459. The molecule has 0 aromatic heterocycles. The largest absolute Gasteiger partial charge is 0.490 e. The zero-order valence-corrected chi connectivity index (χ0v) is 20.9. The van der Waals surface area contributed by atoms with E-state index in [1.165, 1.54) is 10.9 Å². The Kier molecular flexibility index (Phi) is 7.44. The summed E-state index contributed by atoms with van der Waals surface area (Å²) in [6, 6.07) is 15.0. The van der Waals surface area contributed by atoms with Crippen LogP contribution in [0.2, 0.25) is 0 Å². The van der Waals surface area contributed by atoms with Gasteiger partial charge in [-0.3, -0.25) is 0 Å². The molecule has 2 nitrogen and oxygen atoms in total. The lowest BCUT2D eigenvalue weighted by atomic mass is 10.0. The van der Waals surface area contributed by atoms with Crippen molar-refractivity contribution in [3.05, 3.63) is 42.5 Å². The van der Waals surface area contributed by atoms with E-state index in [1.807, 2.05) is 6.07 Å². The Labute approximate surface area is 179 Å². The van der Waals surface area contributed by atoms with Crippen molar-refractivity contribution in [1.82, 2.24) is 0 Å². The topological polar surface area (TPSA) is 18.5 Å². The first-order valence-electron chi connectivity index (χ1n) is 10.7. The Morgan fingerprint density at radius 2 is 1.10 bits per heavy atom. The number of hydrogen-bond acceptors (Lipinski definition) is 2. The third kappa shape index (κ3) is 5.98. The molecule has 0 unspecified atom stereocenters. The van der Waals surface area contributed by atoms with Gasteiger partial charge < -0.3 is 9.47 Å². The van der Waals surface area contributed by atoms with Crippen molar-refractivity contribution >= 4 is 13.2 Å². The Morgan fingerprint density at radius 1 is 0.655 bits per heavy atom. The minimum Gasteiger partial charge on any atom is -0.490 e. The molecule has 2 aromatic carbocycles. The molecule has 0 fully saturated rings. The molecule has 0 amide bonds. The molecule has 0 heterocycles. The lowest BCUT2D eigenvalue weighted by molar-refractivity contribution is 0.231. The molecule has 0 atom stereocenters. The van der Waals surface area contributed by atoms with Crippen LogP contribution in [0, 0.1) is 0 Å². The number of benzene rings is 2. The van der Waals surface area contributed by atoms with Crippen LogP contribution >= 0.6 is 7.92 Å². The highest BCUT2D eigenvalue weighted by Gasteiger charge is 2.37. The summed E-state index contributed by atoms with van der Waals surface area (Å²) in [4.78, 5) is 0. The van der Waals surface area contributed by atoms with Crippen molar-refractivity contribution in [3.8, 4) is 22.6 Å². The molecule has 0 spiro atoms. The standard InChI is InChI=1S/C26H39O2P/c1-18(2)27-21-15-13-16-22(28-19(3)4)24(21)20-14-11-12-17-23(20)29(25(5,6)7)26(8,9)10/h11-19H,1-10H3. The molecular weight excluding hydrogens is 375 g/mol. The van der Waals surface area contributed by atoms with Crippen molar-refractivity contribution in [1.29, 1.82) is 0 Å². The van der Waals surface area contributed by atoms with Gasteiger partial charge >= 0.3 is 0 Å². The van der Waals surface area contributed by atoms with E-state index in [-0.39, 0.29) is 22.5 Å². The van der Waals surface area contributed by atoms with E-state index >= 15 is 0 Å². The highest BCUT2D eigenvalue weighted by atomic mass is 31.1. The van der Waals surface area contributed by atoms with Crippen LogP contribution in [-0.2, 0) is 0 Å². The highest BCUT2D eigenvalue weighted by Crippen LogP contribution is 2.60. The maximum atomic E-state index is 6.26. The van der Waals surface area contributed by atoms with Gasteiger partial charge in [-0.15, -0.1) is 0 Å². The van der Waals surface area contributed by atoms with Gasteiger partial charge in [-0.2, -0.15) is 0 Å². The highest BCUT2D eigenvalue weighted by molar-refractivity contribution is 7.68. The van der Waals surface area contributed by atoms with Crippen LogP contribution in [0.4, 0.5) is 0 Å². The van der Waals surface area contributed by atoms with Crippen molar-refractivity contribution in [2.45, 2.75) is 91.8 Å². The van der Waals surface area contributed by atoms with Crippen molar-refractivity contribution in [3.63, 3.8) is 0 Å². The van der Waals surface area contributed by atoms with E-state index in [0.717, 1.165) is 17.1 Å². The average molecular weight is 415 g/mol. The molecule has 29 heavy (non-hydrogen) atoms. The molecule has 2 rings (SSSR count). The van der Waals surface area contributed by atoms with Gasteiger partial charge in [-0.05, 0) is 61.0 Å². The fourth-order valence-corrected chi connectivity index (χ4v) is 8.21. The third-order valence-corrected chi connectivity index (χ3v) is 8.02. The van der Waals surface area contributed by atoms with Gasteiger partial charge in [0.25, 0.3) is 0 Å². The summed E-state index contributed by atoms with van der Waals surface area (Å²) >= 11 is 0. The minimum atomic E-state index is -0.459. The van der Waals surface area contributed by atoms with Gasteiger partial charge in [-0.1, -0.05) is 79.8 Å². The van der Waals surface area contributed by atoms with E-state index in [0.29, 0.717) is 0 Å². The van der Waals surface area contributed by atoms with E-state index in [2.05, 4.69) is 106 Å². The molecule has 3 heteroatoms. The molecule has 0 aliphatic heterocycles. The second-order valence-corrected chi connectivity index (χ2v) is 14.0. The lowest BCUT2D eigenvalue weighted by Gasteiger charge is -2.43. The summed E-state index contributed by atoms with van der Waals surface area (Å²) in [6.07, 6.45) is 0.198. The minimum absolute atomic E-state index is 0.0990. The van der Waals surface area contributed by atoms with Crippen LogP contribution in [0.1, 0.15) is 69.2 Å². The van der Waals surface area contributed by atoms with Crippen LogP contribution in [0.25, 0.3) is 11.1 Å². The summed E-state index contributed by atoms with van der Waals surface area (Å²) in [6.45, 7) is 22.5. The first-order valence-corrected chi connectivity index (χ1v) is 12.0. The van der Waals surface area contributed by atoms with E-state index in [9.17, 15) is 0 Å². The second-order valence-electron chi connectivity index (χ2n) is 10.2. The van der Waals surface area contributed by atoms with Crippen molar-refractivity contribution in [2.24, 2.45) is 0 Å². The Bertz CT molecular complexity index is 768. The molecule has 0 aliphatic carbocycles. The summed E-state index contributed by atoms with van der Waals surface area (Å²) in [5.41, 5.74) is 2.31. The fourth-order valence-electron chi connectivity index (χ4n) is 4.09. The smallest absolute Gasteiger partial charge is 0.131 e. The zero-order valence-electron chi connectivity index (χ0n) is 20.0. The predicted molar refractivity (Wildman–Crippen MR) is 129 cm³/mol. The summed E-state index contributed by atoms with van der Waals surface area (Å²) in [5.74, 6) is 1.78. The van der Waals surface area contributed by atoms with Gasteiger partial charge in [0, 0.05) is 0 Å². The summed E-state index contributed by atoms with van der Waals surface area (Å²) in [5, 5.41) is 1.77. The van der Waals surface area contributed by atoms with E-state index in [1.54, 1.807) is 0 Å². The molecule has 0 saturated heterocycles. The van der Waals surface area contributed by atoms with Crippen LogP contribution < -0.4 is 14.8 Å². The molecule has 0 saturated carbocycles. The van der Waals surface area contributed by atoms with Crippen LogP contribution in [0.3, 0.4) is 0 Å². The van der Waals surface area contributed by atoms with Crippen LogP contribution in [0.15, 0.2) is 42.5 Å². The molecule has 0 radical (unpaired) electrons. The van der Waals surface area contributed by atoms with Gasteiger partial charge in [0.05, 0.1) is 17.8 Å². The van der Waals surface area contributed by atoms with Gasteiger partial charge in [-0.25, -0.2) is 0 Å². The zero-order chi connectivity index (χ0) is 22.0. The normalized spacial score (nSPS) is 12.7. The monoisotopic (exact) mass is 414 g/mol. The lowest BCUT2D eigenvalue weighted by Crippen LogP contribution is -2.32. The second kappa shape index (κ2) is 9.09. The quantitative estimate of drug-likeness (QED) is 0.452. The average Bonchev–Trinajstić information content (AvgIpc) is 2.52. The molecule has 0 N–H and O–H groups in total. The molecular formula is C26H39O2P. The summed E-state index contributed by atoms with van der Waals surface area (Å²) < 4.78 is 12.5. The first kappa shape index (κ1) is 23.7. The van der Waals surface area contributed by atoms with Crippen LogP contribution in [0.5, 0.6) is 11.5 Å². The molecule has 2 aromatic rings. The third-order valence-electron chi connectivity index (χ3n) is 4.47. The Balaban J connectivity index is 2.82. The van der Waals surface area contributed by atoms with E-state index < -0.39 is 7.92 Å². The molecule has 160 valence electrons. The number of ether oxygens (including phenoxy) is 2. The van der Waals surface area contributed by atoms with Gasteiger partial charge in [0.1, 0.15) is 11.5 Å². The van der Waals surface area contributed by atoms with Crippen molar-refractivity contribution < 1.29 is 9.47 Å². The van der Waals surface area contributed by atoms with E-state index in [4.69, 9.17) is 9.47 Å². The number of rotatable bonds is 6. The maximum absolute atomic E-state index is 6.26. The van der Waals surface area contributed by atoms with Crippen LogP contribution in [-0.4, -0.2) is 22.5 Å². The Hall–Kier alpha value is -1.53. The first-order chi connectivity index (χ1) is 13.3. The Morgan fingerprint density at radius 3 is 1.52 bits per heavy atom. The molecule has 0 bridgehead atoms. The van der Waals surface area contributed by atoms with Gasteiger partial charge in [0.15, 0.2) is 0 Å². The SMILES string of the molecule is CC(C)Oc1cccc(OC(C)C)c1-c1ccccc1P(C(C)(C)C)C(C)(C)C.